The van der Waals surface area contributed by atoms with Gasteiger partial charge >= 0.3 is 0 Å². The van der Waals surface area contributed by atoms with Crippen LogP contribution in [-0.2, 0) is 9.59 Å². The lowest BCUT2D eigenvalue weighted by atomic mass is 9.95. The first-order valence-electron chi connectivity index (χ1n) is 4.28. The predicted molar refractivity (Wildman–Crippen MR) is 52.6 cm³/mol. The Balaban J connectivity index is 2.91. The van der Waals surface area contributed by atoms with Crippen LogP contribution < -0.4 is 11.2 Å². The number of carbonyl (C=O) groups excluding carboxylic acids is 2. The number of nitrogens with two attached hydrogens (primary N) is 1. The van der Waals surface area contributed by atoms with E-state index in [4.69, 9.17) is 10.9 Å². The number of primary amides is 1. The third kappa shape index (κ3) is 3.07. The minimum absolute atomic E-state index is 0.586. The standard InChI is InChI=1S/C10H11N2O3/c11-9(13)6-8(10(14)12-15)7-4-2-1-3-5-7/h1-6,8,15H,(H2,11,13)(H,12,14). The number of carbonyl (C=O) groups is 2. The predicted octanol–water partition coefficient (Wildman–Crippen LogP) is -0.0348. The van der Waals surface area contributed by atoms with Crippen LogP contribution in [0.25, 0.3) is 0 Å². The quantitative estimate of drug-likeness (QED) is 0.478. The summed E-state index contributed by atoms with van der Waals surface area (Å²) >= 11 is 0. The number of hydrogen-bond acceptors (Lipinski definition) is 3. The highest BCUT2D eigenvalue weighted by molar-refractivity contribution is 5.94. The number of benzene rings is 1. The Morgan fingerprint density at radius 2 is 1.93 bits per heavy atom. The van der Waals surface area contributed by atoms with Crippen LogP contribution in [0, 0.1) is 6.42 Å². The van der Waals surface area contributed by atoms with Crippen molar-refractivity contribution in [3.63, 3.8) is 0 Å². The second-order valence-electron chi connectivity index (χ2n) is 2.93. The monoisotopic (exact) mass is 207 g/mol. The first-order valence-corrected chi connectivity index (χ1v) is 4.28. The molecular formula is C10H11N2O3. The largest absolute Gasteiger partial charge is 0.369 e. The fraction of sp³-hybridized carbons (Fsp3) is 0.100. The van der Waals surface area contributed by atoms with Gasteiger partial charge < -0.3 is 5.73 Å². The van der Waals surface area contributed by atoms with Gasteiger partial charge in [0.05, 0.1) is 12.3 Å². The molecule has 0 aliphatic carbocycles. The normalized spacial score (nSPS) is 11.8. The summed E-state index contributed by atoms with van der Waals surface area (Å²) < 4.78 is 0. The molecule has 4 N–H and O–H groups in total. The molecule has 2 amide bonds. The average molecular weight is 207 g/mol. The fourth-order valence-corrected chi connectivity index (χ4v) is 1.22. The minimum atomic E-state index is -0.867. The van der Waals surface area contributed by atoms with Gasteiger partial charge in [-0.25, -0.2) is 5.48 Å². The summed E-state index contributed by atoms with van der Waals surface area (Å²) in [6.45, 7) is 0. The van der Waals surface area contributed by atoms with Gasteiger partial charge in [-0.3, -0.25) is 14.8 Å². The van der Waals surface area contributed by atoms with Gasteiger partial charge in [0.1, 0.15) is 0 Å². The SMILES string of the molecule is NC(=O)[CH]C(C(=O)NO)c1ccccc1. The van der Waals surface area contributed by atoms with Crippen molar-refractivity contribution in [3.05, 3.63) is 42.3 Å². The molecule has 79 valence electrons. The molecule has 0 spiro atoms. The third-order valence-electron chi connectivity index (χ3n) is 1.88. The molecule has 1 rings (SSSR count). The highest BCUT2D eigenvalue weighted by Gasteiger charge is 2.22. The van der Waals surface area contributed by atoms with E-state index >= 15 is 0 Å². The summed E-state index contributed by atoms with van der Waals surface area (Å²) in [5, 5.41) is 8.51. The Labute approximate surface area is 86.9 Å². The van der Waals surface area contributed by atoms with Crippen LogP contribution in [0.1, 0.15) is 11.5 Å². The van der Waals surface area contributed by atoms with E-state index in [1.807, 2.05) is 0 Å². The van der Waals surface area contributed by atoms with Crippen LogP contribution >= 0.6 is 0 Å². The summed E-state index contributed by atoms with van der Waals surface area (Å²) in [5.74, 6) is -2.28. The second-order valence-corrected chi connectivity index (χ2v) is 2.93. The molecule has 0 saturated heterocycles. The van der Waals surface area contributed by atoms with Gasteiger partial charge in [-0.2, -0.15) is 0 Å². The molecule has 1 atom stereocenters. The smallest absolute Gasteiger partial charge is 0.251 e. The molecule has 0 bridgehead atoms. The topological polar surface area (TPSA) is 92.4 Å². The highest BCUT2D eigenvalue weighted by atomic mass is 16.5. The Hall–Kier alpha value is -1.88. The number of hydroxylamine groups is 1. The zero-order chi connectivity index (χ0) is 11.3. The Morgan fingerprint density at radius 3 is 2.40 bits per heavy atom. The lowest BCUT2D eigenvalue weighted by Crippen LogP contribution is -2.30. The second kappa shape index (κ2) is 5.11. The number of rotatable bonds is 4. The minimum Gasteiger partial charge on any atom is -0.369 e. The average Bonchev–Trinajstić information content (AvgIpc) is 2.26. The molecule has 0 heterocycles. The van der Waals surface area contributed by atoms with Crippen LogP contribution in [0.4, 0.5) is 0 Å². The van der Waals surface area contributed by atoms with E-state index in [-0.39, 0.29) is 0 Å². The van der Waals surface area contributed by atoms with Gasteiger partial charge in [0.2, 0.25) is 5.91 Å². The summed E-state index contributed by atoms with van der Waals surface area (Å²) in [5.41, 5.74) is 7.04. The molecule has 0 aliphatic rings. The van der Waals surface area contributed by atoms with Crippen molar-refractivity contribution in [2.75, 3.05) is 0 Å². The van der Waals surface area contributed by atoms with Crippen LogP contribution in [0.2, 0.25) is 0 Å². The molecule has 1 unspecified atom stereocenters. The van der Waals surface area contributed by atoms with Gasteiger partial charge in [-0.05, 0) is 5.56 Å². The van der Waals surface area contributed by atoms with Crippen LogP contribution in [0.15, 0.2) is 30.3 Å². The van der Waals surface area contributed by atoms with Crippen molar-refractivity contribution < 1.29 is 14.8 Å². The van der Waals surface area contributed by atoms with E-state index in [1.54, 1.807) is 30.3 Å². The number of amides is 2. The van der Waals surface area contributed by atoms with Gasteiger partial charge in [0.25, 0.3) is 5.91 Å². The number of nitrogens with one attached hydrogen (secondary N) is 1. The Bertz CT molecular complexity index is 351. The lowest BCUT2D eigenvalue weighted by molar-refractivity contribution is -0.131. The van der Waals surface area contributed by atoms with Gasteiger partial charge in [-0.1, -0.05) is 30.3 Å². The summed E-state index contributed by atoms with van der Waals surface area (Å²) in [6, 6.07) is 8.56. The molecule has 5 nitrogen and oxygen atoms in total. The molecule has 0 saturated carbocycles. The van der Waals surface area contributed by atoms with Gasteiger partial charge in [0, 0.05) is 0 Å². The van der Waals surface area contributed by atoms with Crippen molar-refractivity contribution in [2.24, 2.45) is 5.73 Å². The van der Waals surface area contributed by atoms with Gasteiger partial charge in [0.15, 0.2) is 0 Å². The van der Waals surface area contributed by atoms with Crippen molar-refractivity contribution in [1.29, 1.82) is 0 Å². The molecule has 1 aromatic rings. The van der Waals surface area contributed by atoms with E-state index in [1.165, 1.54) is 5.48 Å². The van der Waals surface area contributed by atoms with E-state index in [0.29, 0.717) is 5.56 Å². The molecule has 5 heteroatoms. The third-order valence-corrected chi connectivity index (χ3v) is 1.88. The van der Waals surface area contributed by atoms with Crippen LogP contribution in [0.3, 0.4) is 0 Å². The molecule has 1 aromatic carbocycles. The van der Waals surface area contributed by atoms with Crippen molar-refractivity contribution >= 4 is 11.8 Å². The zero-order valence-electron chi connectivity index (χ0n) is 7.88. The maximum absolute atomic E-state index is 11.2. The number of hydrogen-bond donors (Lipinski definition) is 3. The van der Waals surface area contributed by atoms with Crippen molar-refractivity contribution in [2.45, 2.75) is 5.92 Å². The Morgan fingerprint density at radius 1 is 1.33 bits per heavy atom. The fourth-order valence-electron chi connectivity index (χ4n) is 1.22. The molecular weight excluding hydrogens is 196 g/mol. The van der Waals surface area contributed by atoms with E-state index in [2.05, 4.69) is 0 Å². The summed E-state index contributed by atoms with van der Waals surface area (Å²) in [4.78, 5) is 22.0. The van der Waals surface area contributed by atoms with Crippen LogP contribution in [0.5, 0.6) is 0 Å². The highest BCUT2D eigenvalue weighted by Crippen LogP contribution is 2.18. The van der Waals surface area contributed by atoms with E-state index < -0.39 is 17.7 Å². The molecule has 0 fully saturated rings. The zero-order valence-corrected chi connectivity index (χ0v) is 7.88. The summed E-state index contributed by atoms with van der Waals surface area (Å²) in [6.07, 6.45) is 1.04. The molecule has 1 radical (unpaired) electrons. The Kier molecular flexibility index (Phi) is 3.82. The van der Waals surface area contributed by atoms with E-state index in [0.717, 1.165) is 6.42 Å². The lowest BCUT2D eigenvalue weighted by Gasteiger charge is -2.12. The maximum Gasteiger partial charge on any atom is 0.251 e. The maximum atomic E-state index is 11.2. The molecule has 0 aromatic heterocycles. The summed E-state index contributed by atoms with van der Waals surface area (Å²) in [7, 11) is 0. The first-order chi connectivity index (χ1) is 7.15. The molecule has 0 aliphatic heterocycles. The molecule has 15 heavy (non-hydrogen) atoms. The first kappa shape index (κ1) is 11.2. The van der Waals surface area contributed by atoms with Gasteiger partial charge in [-0.15, -0.1) is 0 Å². The van der Waals surface area contributed by atoms with Crippen LogP contribution in [-0.4, -0.2) is 17.0 Å². The van der Waals surface area contributed by atoms with Crippen molar-refractivity contribution in [3.8, 4) is 0 Å². The van der Waals surface area contributed by atoms with Crippen molar-refractivity contribution in [1.82, 2.24) is 5.48 Å². The van der Waals surface area contributed by atoms with E-state index in [9.17, 15) is 9.59 Å².